The molecule has 1 amide bonds. The fraction of sp³-hybridized carbons (Fsp3) is 0.650. The number of aliphatic hydroxyl groups excluding tert-OH is 1. The smallest absolute Gasteiger partial charge is 0.222 e. The Kier molecular flexibility index (Phi) is 9.61. The second-order valence-electron chi connectivity index (χ2n) is 6.56. The lowest BCUT2D eigenvalue weighted by Crippen LogP contribution is -2.42. The lowest BCUT2D eigenvalue weighted by Gasteiger charge is -2.33. The van der Waals surface area contributed by atoms with E-state index in [0.29, 0.717) is 12.3 Å². The number of amides is 1. The highest BCUT2D eigenvalue weighted by atomic mass is 16.2. The maximum atomic E-state index is 12.5. The minimum Gasteiger partial charge on any atom is -0.396 e. The summed E-state index contributed by atoms with van der Waals surface area (Å²) in [4.78, 5) is 14.5. The molecule has 2 atom stereocenters. The number of carbonyl (C=O) groups excluding carboxylic acids is 1. The van der Waals surface area contributed by atoms with Crippen molar-refractivity contribution >= 4 is 5.91 Å². The molecule has 0 saturated heterocycles. The minimum atomic E-state index is 0.193. The molecule has 0 fully saturated rings. The summed E-state index contributed by atoms with van der Waals surface area (Å²) in [6.45, 7) is 4.57. The number of aliphatic hydroxyl groups is 1. The van der Waals surface area contributed by atoms with Gasteiger partial charge in [-0.05, 0) is 37.2 Å². The van der Waals surface area contributed by atoms with Crippen molar-refractivity contribution < 1.29 is 9.90 Å². The van der Waals surface area contributed by atoms with E-state index in [1.807, 2.05) is 30.1 Å². The quantitative estimate of drug-likeness (QED) is 0.625. The monoisotopic (exact) mass is 319 g/mol. The first-order chi connectivity index (χ1) is 11.1. The summed E-state index contributed by atoms with van der Waals surface area (Å²) >= 11 is 0. The summed E-state index contributed by atoms with van der Waals surface area (Å²) < 4.78 is 0. The molecule has 1 rings (SSSR count). The normalized spacial score (nSPS) is 13.6. The molecule has 0 spiro atoms. The minimum absolute atomic E-state index is 0.193. The summed E-state index contributed by atoms with van der Waals surface area (Å²) in [5.41, 5.74) is 1.27. The number of unbranched alkanes of at least 4 members (excludes halogenated alkanes) is 2. The molecule has 0 bridgehead atoms. The molecule has 3 heteroatoms. The van der Waals surface area contributed by atoms with Crippen molar-refractivity contribution in [3.05, 3.63) is 35.9 Å². The average Bonchev–Trinajstić information content (AvgIpc) is 2.58. The van der Waals surface area contributed by atoms with Gasteiger partial charge >= 0.3 is 0 Å². The lowest BCUT2D eigenvalue weighted by molar-refractivity contribution is -0.133. The van der Waals surface area contributed by atoms with Crippen LogP contribution in [-0.4, -0.2) is 35.6 Å². The van der Waals surface area contributed by atoms with Gasteiger partial charge < -0.3 is 10.0 Å². The molecule has 130 valence electrons. The van der Waals surface area contributed by atoms with E-state index >= 15 is 0 Å². The van der Waals surface area contributed by atoms with Crippen molar-refractivity contribution in [1.29, 1.82) is 0 Å². The van der Waals surface area contributed by atoms with Crippen LogP contribution < -0.4 is 0 Å². The van der Waals surface area contributed by atoms with Crippen LogP contribution in [0.1, 0.15) is 57.9 Å². The topological polar surface area (TPSA) is 40.5 Å². The zero-order chi connectivity index (χ0) is 17.1. The van der Waals surface area contributed by atoms with Crippen LogP contribution in [0.15, 0.2) is 30.3 Å². The second-order valence-corrected chi connectivity index (χ2v) is 6.56. The van der Waals surface area contributed by atoms with Crippen molar-refractivity contribution in [2.45, 2.75) is 64.8 Å². The number of rotatable bonds is 11. The predicted octanol–water partition coefficient (Wildman–Crippen LogP) is 4.05. The van der Waals surface area contributed by atoms with Crippen LogP contribution in [-0.2, 0) is 11.2 Å². The molecule has 0 radical (unpaired) electrons. The largest absolute Gasteiger partial charge is 0.396 e. The van der Waals surface area contributed by atoms with E-state index in [0.717, 1.165) is 38.5 Å². The van der Waals surface area contributed by atoms with Gasteiger partial charge in [-0.2, -0.15) is 0 Å². The summed E-state index contributed by atoms with van der Waals surface area (Å²) in [6, 6.07) is 10.6. The molecule has 1 aromatic carbocycles. The van der Waals surface area contributed by atoms with Crippen LogP contribution in [0, 0.1) is 5.92 Å². The van der Waals surface area contributed by atoms with Gasteiger partial charge in [0.15, 0.2) is 0 Å². The van der Waals surface area contributed by atoms with Crippen LogP contribution in [0.3, 0.4) is 0 Å². The average molecular weight is 319 g/mol. The van der Waals surface area contributed by atoms with Crippen LogP contribution >= 0.6 is 0 Å². The van der Waals surface area contributed by atoms with Gasteiger partial charge in [-0.15, -0.1) is 0 Å². The van der Waals surface area contributed by atoms with Gasteiger partial charge in [-0.1, -0.05) is 57.0 Å². The molecule has 0 aliphatic rings. The molecule has 1 N–H and O–H groups in total. The van der Waals surface area contributed by atoms with Gasteiger partial charge in [-0.3, -0.25) is 4.79 Å². The number of hydrogen-bond donors (Lipinski definition) is 1. The SMILES string of the molecule is CCCCCC(=O)N(C)[C@H](Cc1ccccc1)[C@@H](C)CCCO. The standard InChI is InChI=1S/C20H33NO2/c1-4-5-7-14-20(23)21(3)19(17(2)11-10-15-22)16-18-12-8-6-9-13-18/h6,8-9,12-13,17,19,22H,4-5,7,10-11,14-16H2,1-3H3/t17-,19+/m0/s1. The summed E-state index contributed by atoms with van der Waals surface area (Å²) in [7, 11) is 1.94. The van der Waals surface area contributed by atoms with Crippen LogP contribution in [0.4, 0.5) is 0 Å². The van der Waals surface area contributed by atoms with E-state index in [1.165, 1.54) is 5.56 Å². The Balaban J connectivity index is 2.74. The Morgan fingerprint density at radius 1 is 1.17 bits per heavy atom. The highest BCUT2D eigenvalue weighted by Crippen LogP contribution is 2.21. The van der Waals surface area contributed by atoms with Gasteiger partial charge in [0.2, 0.25) is 5.91 Å². The van der Waals surface area contributed by atoms with E-state index in [2.05, 4.69) is 26.0 Å². The third-order valence-electron chi connectivity index (χ3n) is 4.65. The number of nitrogens with zero attached hydrogens (tertiary/aromatic N) is 1. The Labute approximate surface area is 141 Å². The first-order valence-corrected chi connectivity index (χ1v) is 9.00. The van der Waals surface area contributed by atoms with Crippen LogP contribution in [0.25, 0.3) is 0 Å². The van der Waals surface area contributed by atoms with Crippen molar-refractivity contribution in [3.63, 3.8) is 0 Å². The zero-order valence-corrected chi connectivity index (χ0v) is 15.0. The third-order valence-corrected chi connectivity index (χ3v) is 4.65. The van der Waals surface area contributed by atoms with E-state index in [9.17, 15) is 4.79 Å². The van der Waals surface area contributed by atoms with Crippen LogP contribution in [0.2, 0.25) is 0 Å². The molecule has 0 aliphatic heterocycles. The maximum absolute atomic E-state index is 12.5. The molecule has 0 aliphatic carbocycles. The molecule has 1 aromatic rings. The van der Waals surface area contributed by atoms with E-state index in [4.69, 9.17) is 5.11 Å². The molecule has 0 heterocycles. The number of hydrogen-bond acceptors (Lipinski definition) is 2. The summed E-state index contributed by atoms with van der Waals surface area (Å²) in [5.74, 6) is 0.623. The Hall–Kier alpha value is -1.35. The van der Waals surface area contributed by atoms with Gasteiger partial charge in [0.1, 0.15) is 0 Å². The fourth-order valence-corrected chi connectivity index (χ4v) is 3.07. The molecule has 0 aromatic heterocycles. The third kappa shape index (κ3) is 7.17. The van der Waals surface area contributed by atoms with Crippen molar-refractivity contribution in [2.75, 3.05) is 13.7 Å². The lowest BCUT2D eigenvalue weighted by atomic mass is 9.90. The number of carbonyl (C=O) groups is 1. The van der Waals surface area contributed by atoms with Gasteiger partial charge in [0.25, 0.3) is 0 Å². The van der Waals surface area contributed by atoms with Gasteiger partial charge in [0, 0.05) is 26.1 Å². The molecule has 3 nitrogen and oxygen atoms in total. The number of likely N-dealkylation sites (N-methyl/N-ethyl adjacent to an activating group) is 1. The molecular weight excluding hydrogens is 286 g/mol. The second kappa shape index (κ2) is 11.2. The molecule has 0 unspecified atom stereocenters. The van der Waals surface area contributed by atoms with E-state index in [1.54, 1.807) is 0 Å². The molecular formula is C20H33NO2. The fourth-order valence-electron chi connectivity index (χ4n) is 3.07. The highest BCUT2D eigenvalue weighted by Gasteiger charge is 2.25. The maximum Gasteiger partial charge on any atom is 0.222 e. The van der Waals surface area contributed by atoms with Crippen molar-refractivity contribution in [3.8, 4) is 0 Å². The molecule has 23 heavy (non-hydrogen) atoms. The van der Waals surface area contributed by atoms with Crippen molar-refractivity contribution in [2.24, 2.45) is 5.92 Å². The summed E-state index contributed by atoms with van der Waals surface area (Å²) in [5, 5.41) is 9.10. The van der Waals surface area contributed by atoms with E-state index < -0.39 is 0 Å². The molecule has 0 saturated carbocycles. The van der Waals surface area contributed by atoms with E-state index in [-0.39, 0.29) is 18.6 Å². The predicted molar refractivity (Wildman–Crippen MR) is 96.3 cm³/mol. The summed E-state index contributed by atoms with van der Waals surface area (Å²) in [6.07, 6.45) is 6.49. The Morgan fingerprint density at radius 2 is 1.87 bits per heavy atom. The highest BCUT2D eigenvalue weighted by molar-refractivity contribution is 5.76. The van der Waals surface area contributed by atoms with Crippen LogP contribution in [0.5, 0.6) is 0 Å². The first-order valence-electron chi connectivity index (χ1n) is 9.00. The Morgan fingerprint density at radius 3 is 2.48 bits per heavy atom. The van der Waals surface area contributed by atoms with Gasteiger partial charge in [-0.25, -0.2) is 0 Å². The van der Waals surface area contributed by atoms with Gasteiger partial charge in [0.05, 0.1) is 0 Å². The zero-order valence-electron chi connectivity index (χ0n) is 15.0. The number of benzene rings is 1. The van der Waals surface area contributed by atoms with Crippen molar-refractivity contribution in [1.82, 2.24) is 4.90 Å². The Bertz CT molecular complexity index is 433. The first kappa shape index (κ1) is 19.7.